The molecule has 1 aliphatic rings. The summed E-state index contributed by atoms with van der Waals surface area (Å²) >= 11 is 9.53. The summed E-state index contributed by atoms with van der Waals surface area (Å²) in [5, 5.41) is 1.96. The van der Waals surface area contributed by atoms with Crippen LogP contribution in [0.3, 0.4) is 0 Å². The highest BCUT2D eigenvalue weighted by molar-refractivity contribution is 9.09. The Kier molecular flexibility index (Phi) is 6.48. The molecule has 0 aromatic heterocycles. The molecule has 19 heavy (non-hydrogen) atoms. The van der Waals surface area contributed by atoms with Gasteiger partial charge in [0.1, 0.15) is 0 Å². The van der Waals surface area contributed by atoms with Gasteiger partial charge in [0.25, 0.3) is 0 Å². The summed E-state index contributed by atoms with van der Waals surface area (Å²) in [6, 6.07) is 8.18. The van der Waals surface area contributed by atoms with Crippen molar-refractivity contribution in [3.63, 3.8) is 0 Å². The second kappa shape index (κ2) is 8.13. The Morgan fingerprint density at radius 2 is 1.84 bits per heavy atom. The summed E-state index contributed by atoms with van der Waals surface area (Å²) in [6.07, 6.45) is 3.95. The number of nitrogens with zero attached hydrogens (tertiary/aromatic N) is 2. The van der Waals surface area contributed by atoms with Crippen molar-refractivity contribution in [2.75, 3.05) is 43.0 Å². The van der Waals surface area contributed by atoms with E-state index >= 15 is 0 Å². The number of alkyl halides is 1. The fourth-order valence-corrected chi connectivity index (χ4v) is 3.09. The van der Waals surface area contributed by atoms with Gasteiger partial charge in [-0.25, -0.2) is 0 Å². The van der Waals surface area contributed by atoms with Gasteiger partial charge in [-0.1, -0.05) is 40.0 Å². The zero-order chi connectivity index (χ0) is 13.5. The zero-order valence-electron chi connectivity index (χ0n) is 11.3. The smallest absolute Gasteiger partial charge is 0.0426 e. The van der Waals surface area contributed by atoms with E-state index < -0.39 is 0 Å². The summed E-state index contributed by atoms with van der Waals surface area (Å²) in [5.41, 5.74) is 1.26. The molecule has 0 saturated carbocycles. The molecule has 106 valence electrons. The lowest BCUT2D eigenvalue weighted by Crippen LogP contribution is -2.46. The third-order valence-electron chi connectivity index (χ3n) is 3.65. The molecule has 1 aliphatic heterocycles. The summed E-state index contributed by atoms with van der Waals surface area (Å²) < 4.78 is 0. The first-order valence-electron chi connectivity index (χ1n) is 7.08. The molecule has 0 bridgehead atoms. The van der Waals surface area contributed by atoms with Crippen LogP contribution in [0.1, 0.15) is 19.3 Å². The maximum atomic E-state index is 6.05. The zero-order valence-corrected chi connectivity index (χ0v) is 13.7. The van der Waals surface area contributed by atoms with Crippen molar-refractivity contribution in [1.29, 1.82) is 0 Å². The second-order valence-electron chi connectivity index (χ2n) is 5.06. The minimum atomic E-state index is 0.828. The Morgan fingerprint density at radius 1 is 1.05 bits per heavy atom. The molecule has 0 radical (unpaired) electrons. The van der Waals surface area contributed by atoms with Crippen LogP contribution in [-0.4, -0.2) is 43.0 Å². The van der Waals surface area contributed by atoms with Gasteiger partial charge in [-0.3, -0.25) is 4.90 Å². The molecule has 0 unspecified atom stereocenters. The minimum absolute atomic E-state index is 0.828. The Labute approximate surface area is 129 Å². The third-order valence-corrected chi connectivity index (χ3v) is 4.45. The molecular weight excluding hydrogens is 324 g/mol. The van der Waals surface area contributed by atoms with Crippen LogP contribution in [0.15, 0.2) is 24.3 Å². The quantitative estimate of drug-likeness (QED) is 0.567. The Bertz CT molecular complexity index is 378. The second-order valence-corrected chi connectivity index (χ2v) is 6.29. The summed E-state index contributed by atoms with van der Waals surface area (Å²) in [5.74, 6) is 0. The van der Waals surface area contributed by atoms with Crippen molar-refractivity contribution in [1.82, 2.24) is 4.90 Å². The van der Waals surface area contributed by atoms with Crippen molar-refractivity contribution in [2.24, 2.45) is 0 Å². The molecule has 0 atom stereocenters. The highest BCUT2D eigenvalue weighted by Crippen LogP contribution is 2.20. The van der Waals surface area contributed by atoms with Crippen molar-refractivity contribution >= 4 is 33.2 Å². The lowest BCUT2D eigenvalue weighted by atomic mass is 10.2. The van der Waals surface area contributed by atoms with E-state index in [0.717, 1.165) is 23.4 Å². The highest BCUT2D eigenvalue weighted by Gasteiger charge is 2.16. The largest absolute Gasteiger partial charge is 0.369 e. The molecule has 2 rings (SSSR count). The van der Waals surface area contributed by atoms with E-state index in [9.17, 15) is 0 Å². The number of unbranched alkanes of at least 4 members (excludes halogenated alkanes) is 2. The lowest BCUT2D eigenvalue weighted by molar-refractivity contribution is 0.253. The van der Waals surface area contributed by atoms with Crippen LogP contribution in [0.2, 0.25) is 5.02 Å². The van der Waals surface area contributed by atoms with Gasteiger partial charge in [0.15, 0.2) is 0 Å². The number of benzene rings is 1. The Morgan fingerprint density at radius 3 is 2.53 bits per heavy atom. The van der Waals surface area contributed by atoms with Crippen molar-refractivity contribution < 1.29 is 0 Å². The van der Waals surface area contributed by atoms with Crippen LogP contribution in [0.5, 0.6) is 0 Å². The van der Waals surface area contributed by atoms with Gasteiger partial charge < -0.3 is 4.90 Å². The molecule has 2 nitrogen and oxygen atoms in total. The van der Waals surface area contributed by atoms with Crippen LogP contribution < -0.4 is 4.90 Å². The first-order chi connectivity index (χ1) is 9.29. The highest BCUT2D eigenvalue weighted by atomic mass is 79.9. The summed E-state index contributed by atoms with van der Waals surface area (Å²) in [4.78, 5) is 5.01. The molecule has 1 aromatic carbocycles. The van der Waals surface area contributed by atoms with Crippen LogP contribution >= 0.6 is 27.5 Å². The molecule has 0 spiro atoms. The SMILES string of the molecule is Clc1cccc(N2CCN(CCCCCBr)CC2)c1. The number of hydrogen-bond donors (Lipinski definition) is 0. The fraction of sp³-hybridized carbons (Fsp3) is 0.600. The number of anilines is 1. The molecule has 1 fully saturated rings. The number of halogens is 2. The molecule has 0 amide bonds. The van der Waals surface area contributed by atoms with E-state index in [1.165, 1.54) is 44.6 Å². The van der Waals surface area contributed by atoms with Crippen LogP contribution in [0, 0.1) is 0 Å². The van der Waals surface area contributed by atoms with Crippen LogP contribution in [0.25, 0.3) is 0 Å². The average molecular weight is 346 g/mol. The number of hydrogen-bond acceptors (Lipinski definition) is 2. The summed E-state index contributed by atoms with van der Waals surface area (Å²) in [6.45, 7) is 5.80. The van der Waals surface area contributed by atoms with Crippen molar-refractivity contribution in [2.45, 2.75) is 19.3 Å². The van der Waals surface area contributed by atoms with E-state index in [4.69, 9.17) is 11.6 Å². The van der Waals surface area contributed by atoms with Gasteiger partial charge in [-0.2, -0.15) is 0 Å². The number of piperazine rings is 1. The molecule has 4 heteroatoms. The van der Waals surface area contributed by atoms with E-state index in [-0.39, 0.29) is 0 Å². The van der Waals surface area contributed by atoms with E-state index in [1.54, 1.807) is 0 Å². The van der Waals surface area contributed by atoms with E-state index in [2.05, 4.69) is 37.9 Å². The standard InChI is InChI=1S/C15H22BrClN2/c16-7-2-1-3-8-18-9-11-19(12-10-18)15-6-4-5-14(17)13-15/h4-6,13H,1-3,7-12H2. The maximum Gasteiger partial charge on any atom is 0.0426 e. The topological polar surface area (TPSA) is 6.48 Å². The molecule has 1 saturated heterocycles. The van der Waals surface area contributed by atoms with Crippen LogP contribution in [-0.2, 0) is 0 Å². The first-order valence-corrected chi connectivity index (χ1v) is 8.58. The maximum absolute atomic E-state index is 6.05. The van der Waals surface area contributed by atoms with Crippen molar-refractivity contribution in [3.8, 4) is 0 Å². The fourth-order valence-electron chi connectivity index (χ4n) is 2.51. The van der Waals surface area contributed by atoms with Gasteiger partial charge >= 0.3 is 0 Å². The predicted molar refractivity (Wildman–Crippen MR) is 87.8 cm³/mol. The van der Waals surface area contributed by atoms with E-state index in [1.807, 2.05) is 12.1 Å². The molecule has 1 aromatic rings. The monoisotopic (exact) mass is 344 g/mol. The Balaban J connectivity index is 1.73. The normalized spacial score (nSPS) is 16.8. The Hall–Kier alpha value is -0.250. The summed E-state index contributed by atoms with van der Waals surface area (Å²) in [7, 11) is 0. The minimum Gasteiger partial charge on any atom is -0.369 e. The third kappa shape index (κ3) is 4.97. The molecule has 0 N–H and O–H groups in total. The van der Waals surface area contributed by atoms with Gasteiger partial charge in [0, 0.05) is 42.2 Å². The molecular formula is C15H22BrClN2. The van der Waals surface area contributed by atoms with Gasteiger partial charge in [0.05, 0.1) is 0 Å². The van der Waals surface area contributed by atoms with Gasteiger partial charge in [0.2, 0.25) is 0 Å². The van der Waals surface area contributed by atoms with Gasteiger partial charge in [-0.05, 0) is 37.6 Å². The van der Waals surface area contributed by atoms with Crippen LogP contribution in [0.4, 0.5) is 5.69 Å². The van der Waals surface area contributed by atoms with Gasteiger partial charge in [-0.15, -0.1) is 0 Å². The lowest BCUT2D eigenvalue weighted by Gasteiger charge is -2.36. The van der Waals surface area contributed by atoms with Crippen molar-refractivity contribution in [3.05, 3.63) is 29.3 Å². The number of rotatable bonds is 6. The average Bonchev–Trinajstić information content (AvgIpc) is 2.44. The molecule has 0 aliphatic carbocycles. The van der Waals surface area contributed by atoms with E-state index in [0.29, 0.717) is 0 Å². The predicted octanol–water partition coefficient (Wildman–Crippen LogP) is 4.03. The molecule has 1 heterocycles. The first kappa shape index (κ1) is 15.1.